The summed E-state index contributed by atoms with van der Waals surface area (Å²) in [4.78, 5) is 9.08. The van der Waals surface area contributed by atoms with Crippen molar-refractivity contribution >= 4 is 0 Å². The first-order valence-corrected chi connectivity index (χ1v) is 9.32. The Morgan fingerprint density at radius 1 is 1.37 bits per heavy atom. The summed E-state index contributed by atoms with van der Waals surface area (Å²) in [5, 5.41) is 15.9. The number of hydrogen-bond acceptors (Lipinski definition) is 8. The van der Waals surface area contributed by atoms with Gasteiger partial charge in [0.15, 0.2) is 5.69 Å². The van der Waals surface area contributed by atoms with Crippen LogP contribution in [0.5, 0.6) is 0 Å². The van der Waals surface area contributed by atoms with Crippen LogP contribution in [0.25, 0.3) is 23.0 Å². The second-order valence-corrected chi connectivity index (χ2v) is 7.03. The second-order valence-electron chi connectivity index (χ2n) is 7.03. The van der Waals surface area contributed by atoms with Crippen molar-refractivity contribution in [2.45, 2.75) is 45.4 Å². The largest absolute Gasteiger partial charge is 0.376 e. The normalized spacial score (nSPS) is 19.4. The Balaban J connectivity index is 1.43. The maximum atomic E-state index is 5.65. The van der Waals surface area contributed by atoms with Crippen LogP contribution in [-0.4, -0.2) is 49.4 Å². The van der Waals surface area contributed by atoms with Gasteiger partial charge in [-0.05, 0) is 43.9 Å². The van der Waals surface area contributed by atoms with Crippen LogP contribution < -0.4 is 5.32 Å². The molecule has 0 unspecified atom stereocenters. The molecule has 1 atom stereocenters. The molecular weight excluding hydrogens is 346 g/mol. The van der Waals surface area contributed by atoms with Gasteiger partial charge in [-0.1, -0.05) is 10.4 Å². The van der Waals surface area contributed by atoms with Crippen molar-refractivity contribution in [3.05, 3.63) is 29.2 Å². The number of rotatable bonds is 4. The standard InChI is InChI=1S/C18H21N7O2/c1-11-16(14-4-5-19-7-12(14)8-20-11)17-21-18(27-23-17)15-10-25(24-22-15)9-13-3-2-6-26-13/h8,10,13,19H,2-7,9H2,1H3/t13-/m1/s1. The van der Waals surface area contributed by atoms with E-state index in [1.165, 1.54) is 11.1 Å². The molecule has 27 heavy (non-hydrogen) atoms. The van der Waals surface area contributed by atoms with E-state index in [4.69, 9.17) is 9.26 Å². The van der Waals surface area contributed by atoms with Crippen molar-refractivity contribution in [1.82, 2.24) is 35.4 Å². The number of hydrogen-bond donors (Lipinski definition) is 1. The van der Waals surface area contributed by atoms with Crippen LogP contribution in [0.1, 0.15) is 29.7 Å². The molecule has 0 spiro atoms. The molecule has 0 aromatic carbocycles. The molecule has 0 radical (unpaired) electrons. The Kier molecular flexibility index (Phi) is 4.17. The quantitative estimate of drug-likeness (QED) is 0.740. The fourth-order valence-electron chi connectivity index (χ4n) is 3.78. The van der Waals surface area contributed by atoms with E-state index in [-0.39, 0.29) is 6.10 Å². The molecule has 140 valence electrons. The summed E-state index contributed by atoms with van der Waals surface area (Å²) in [5.74, 6) is 0.928. The third kappa shape index (κ3) is 3.13. The van der Waals surface area contributed by atoms with Crippen LogP contribution in [0.2, 0.25) is 0 Å². The zero-order valence-corrected chi connectivity index (χ0v) is 15.2. The van der Waals surface area contributed by atoms with Gasteiger partial charge >= 0.3 is 0 Å². The van der Waals surface area contributed by atoms with Crippen molar-refractivity contribution in [3.63, 3.8) is 0 Å². The minimum atomic E-state index is 0.205. The highest BCUT2D eigenvalue weighted by molar-refractivity contribution is 5.66. The first-order chi connectivity index (χ1) is 13.3. The van der Waals surface area contributed by atoms with Crippen LogP contribution in [0.4, 0.5) is 0 Å². The maximum Gasteiger partial charge on any atom is 0.280 e. The molecule has 2 aliphatic rings. The molecular formula is C18H21N7O2. The average molecular weight is 367 g/mol. The fraction of sp³-hybridized carbons (Fsp3) is 0.500. The molecule has 0 aliphatic carbocycles. The number of pyridine rings is 1. The van der Waals surface area contributed by atoms with Gasteiger partial charge in [0.1, 0.15) is 0 Å². The third-order valence-corrected chi connectivity index (χ3v) is 5.15. The average Bonchev–Trinajstić information content (AvgIpc) is 3.43. The van der Waals surface area contributed by atoms with E-state index in [9.17, 15) is 0 Å². The predicted molar refractivity (Wildman–Crippen MR) is 95.7 cm³/mol. The Morgan fingerprint density at radius 3 is 3.22 bits per heavy atom. The highest BCUT2D eigenvalue weighted by atomic mass is 16.5. The van der Waals surface area contributed by atoms with Crippen molar-refractivity contribution < 1.29 is 9.26 Å². The lowest BCUT2D eigenvalue weighted by atomic mass is 9.95. The van der Waals surface area contributed by atoms with E-state index in [0.717, 1.165) is 50.2 Å². The van der Waals surface area contributed by atoms with Crippen molar-refractivity contribution in [3.8, 4) is 23.0 Å². The molecule has 1 fully saturated rings. The van der Waals surface area contributed by atoms with Gasteiger partial charge in [0.05, 0.1) is 18.8 Å². The highest BCUT2D eigenvalue weighted by Gasteiger charge is 2.23. The number of fused-ring (bicyclic) bond motifs is 1. The highest BCUT2D eigenvalue weighted by Crippen LogP contribution is 2.30. The summed E-state index contributed by atoms with van der Waals surface area (Å²) in [6, 6.07) is 0. The Hall–Kier alpha value is -2.65. The van der Waals surface area contributed by atoms with Gasteiger partial charge in [-0.15, -0.1) is 5.10 Å². The van der Waals surface area contributed by atoms with Crippen LogP contribution >= 0.6 is 0 Å². The number of aryl methyl sites for hydroxylation is 1. The Bertz CT molecular complexity index is 959. The molecule has 0 bridgehead atoms. The molecule has 0 amide bonds. The molecule has 5 rings (SSSR count). The van der Waals surface area contributed by atoms with Gasteiger partial charge in [0, 0.05) is 30.6 Å². The summed E-state index contributed by atoms with van der Waals surface area (Å²) >= 11 is 0. The van der Waals surface area contributed by atoms with Crippen molar-refractivity contribution in [2.75, 3.05) is 13.2 Å². The molecule has 3 aromatic heterocycles. The zero-order chi connectivity index (χ0) is 18.2. The fourth-order valence-corrected chi connectivity index (χ4v) is 3.78. The van der Waals surface area contributed by atoms with Crippen LogP contribution in [0.3, 0.4) is 0 Å². The van der Waals surface area contributed by atoms with Gasteiger partial charge in [-0.25, -0.2) is 4.68 Å². The molecule has 0 saturated carbocycles. The first kappa shape index (κ1) is 16.5. The number of nitrogens with zero attached hydrogens (tertiary/aromatic N) is 6. The zero-order valence-electron chi connectivity index (χ0n) is 15.2. The molecule has 2 aliphatic heterocycles. The van der Waals surface area contributed by atoms with Crippen LogP contribution in [-0.2, 0) is 24.2 Å². The van der Waals surface area contributed by atoms with Gasteiger partial charge in [0.2, 0.25) is 5.82 Å². The minimum Gasteiger partial charge on any atom is -0.376 e. The number of nitrogens with one attached hydrogen (secondary N) is 1. The lowest BCUT2D eigenvalue weighted by molar-refractivity contribution is 0.0935. The summed E-state index contributed by atoms with van der Waals surface area (Å²) in [5.41, 5.74) is 4.89. The van der Waals surface area contributed by atoms with Crippen molar-refractivity contribution in [1.29, 1.82) is 0 Å². The molecule has 3 aromatic rings. The van der Waals surface area contributed by atoms with E-state index in [1.807, 2.05) is 19.3 Å². The molecule has 5 heterocycles. The van der Waals surface area contributed by atoms with Gasteiger partial charge in [-0.3, -0.25) is 4.98 Å². The second kappa shape index (κ2) is 6.82. The topological polar surface area (TPSA) is 104 Å². The third-order valence-electron chi connectivity index (χ3n) is 5.15. The van der Waals surface area contributed by atoms with Crippen LogP contribution in [0, 0.1) is 6.92 Å². The van der Waals surface area contributed by atoms with Crippen LogP contribution in [0.15, 0.2) is 16.9 Å². The smallest absolute Gasteiger partial charge is 0.280 e. The van der Waals surface area contributed by atoms with E-state index in [2.05, 4.69) is 30.8 Å². The Morgan fingerprint density at radius 2 is 2.33 bits per heavy atom. The van der Waals surface area contributed by atoms with E-state index in [1.54, 1.807) is 4.68 Å². The molecule has 9 heteroatoms. The predicted octanol–water partition coefficient (Wildman–Crippen LogP) is 1.52. The van der Waals surface area contributed by atoms with Gasteiger partial charge < -0.3 is 14.6 Å². The lowest BCUT2D eigenvalue weighted by Crippen LogP contribution is -2.24. The Labute approximate surface area is 156 Å². The lowest BCUT2D eigenvalue weighted by Gasteiger charge is -2.19. The molecule has 9 nitrogen and oxygen atoms in total. The summed E-state index contributed by atoms with van der Waals surface area (Å²) < 4.78 is 12.9. The maximum absolute atomic E-state index is 5.65. The number of aromatic nitrogens is 6. The van der Waals surface area contributed by atoms with E-state index < -0.39 is 0 Å². The summed E-state index contributed by atoms with van der Waals surface area (Å²) in [7, 11) is 0. The van der Waals surface area contributed by atoms with E-state index >= 15 is 0 Å². The summed E-state index contributed by atoms with van der Waals surface area (Å²) in [6.45, 7) is 5.24. The first-order valence-electron chi connectivity index (χ1n) is 9.32. The molecule has 1 saturated heterocycles. The minimum absolute atomic E-state index is 0.205. The number of ether oxygens (including phenoxy) is 1. The SMILES string of the molecule is Cc1ncc2c(c1-c1noc(-c3cn(C[C@H]4CCCO4)nn3)n1)CCNC2. The van der Waals surface area contributed by atoms with Gasteiger partial charge in [-0.2, -0.15) is 4.98 Å². The summed E-state index contributed by atoms with van der Waals surface area (Å²) in [6.07, 6.45) is 7.04. The monoisotopic (exact) mass is 367 g/mol. The molecule has 1 N–H and O–H groups in total. The van der Waals surface area contributed by atoms with E-state index in [0.29, 0.717) is 24.0 Å². The van der Waals surface area contributed by atoms with Gasteiger partial charge in [0.25, 0.3) is 5.89 Å². The van der Waals surface area contributed by atoms with Crippen molar-refractivity contribution in [2.24, 2.45) is 0 Å².